The minimum absolute atomic E-state index is 0.540. The van der Waals surface area contributed by atoms with Crippen molar-refractivity contribution in [3.8, 4) is 0 Å². The van der Waals surface area contributed by atoms with Crippen molar-refractivity contribution in [2.24, 2.45) is 0 Å². The SMILES string of the molecule is C[C@]1(O)CCN(c2ccc(N)cc2)C1. The van der Waals surface area contributed by atoms with Gasteiger partial charge in [-0.15, -0.1) is 0 Å². The predicted octanol–water partition coefficient (Wildman–Crippen LogP) is 1.23. The number of nitrogen functional groups attached to an aromatic ring is 1. The smallest absolute Gasteiger partial charge is 0.0810 e. The Morgan fingerprint density at radius 1 is 1.36 bits per heavy atom. The number of nitrogens with zero attached hydrogens (tertiary/aromatic N) is 1. The molecule has 1 aliphatic rings. The summed E-state index contributed by atoms with van der Waals surface area (Å²) in [5.74, 6) is 0. The number of β-amino-alcohol motifs (C(OH)–C–C–N with tert-alkyl or cyclic N) is 1. The normalized spacial score (nSPS) is 26.9. The van der Waals surface area contributed by atoms with Crippen molar-refractivity contribution in [2.75, 3.05) is 23.7 Å². The molecule has 76 valence electrons. The molecule has 1 aliphatic heterocycles. The van der Waals surface area contributed by atoms with E-state index < -0.39 is 5.60 Å². The van der Waals surface area contributed by atoms with Crippen LogP contribution in [0.2, 0.25) is 0 Å². The van der Waals surface area contributed by atoms with Crippen molar-refractivity contribution in [3.63, 3.8) is 0 Å². The molecule has 0 aromatic heterocycles. The van der Waals surface area contributed by atoms with Gasteiger partial charge in [-0.2, -0.15) is 0 Å². The Morgan fingerprint density at radius 3 is 2.50 bits per heavy atom. The number of anilines is 2. The van der Waals surface area contributed by atoms with Crippen LogP contribution in [0, 0.1) is 0 Å². The molecule has 1 heterocycles. The van der Waals surface area contributed by atoms with E-state index >= 15 is 0 Å². The van der Waals surface area contributed by atoms with Crippen molar-refractivity contribution in [1.29, 1.82) is 0 Å². The molecule has 0 bridgehead atoms. The number of hydrogen-bond donors (Lipinski definition) is 2. The molecule has 2 rings (SSSR count). The van der Waals surface area contributed by atoms with E-state index in [0.29, 0.717) is 6.54 Å². The van der Waals surface area contributed by atoms with Crippen LogP contribution in [-0.2, 0) is 0 Å². The Morgan fingerprint density at radius 2 is 2.00 bits per heavy atom. The highest BCUT2D eigenvalue weighted by atomic mass is 16.3. The standard InChI is InChI=1S/C11H16N2O/c1-11(14)6-7-13(8-11)10-4-2-9(12)3-5-10/h2-5,14H,6-8,12H2,1H3/t11-/m0/s1. The lowest BCUT2D eigenvalue weighted by Crippen LogP contribution is -2.29. The fourth-order valence-electron chi connectivity index (χ4n) is 1.85. The summed E-state index contributed by atoms with van der Waals surface area (Å²) in [4.78, 5) is 2.18. The lowest BCUT2D eigenvalue weighted by atomic mass is 10.1. The monoisotopic (exact) mass is 192 g/mol. The molecule has 0 unspecified atom stereocenters. The third-order valence-corrected chi connectivity index (χ3v) is 2.71. The van der Waals surface area contributed by atoms with Gasteiger partial charge < -0.3 is 15.7 Å². The van der Waals surface area contributed by atoms with E-state index in [0.717, 1.165) is 24.3 Å². The fourth-order valence-corrected chi connectivity index (χ4v) is 1.85. The van der Waals surface area contributed by atoms with Crippen LogP contribution in [0.4, 0.5) is 11.4 Å². The van der Waals surface area contributed by atoms with Gasteiger partial charge in [0.15, 0.2) is 0 Å². The Hall–Kier alpha value is -1.22. The van der Waals surface area contributed by atoms with Gasteiger partial charge >= 0.3 is 0 Å². The van der Waals surface area contributed by atoms with E-state index in [1.165, 1.54) is 0 Å². The minimum Gasteiger partial charge on any atom is -0.399 e. The van der Waals surface area contributed by atoms with Crippen LogP contribution in [0.15, 0.2) is 24.3 Å². The van der Waals surface area contributed by atoms with Crippen molar-refractivity contribution in [3.05, 3.63) is 24.3 Å². The highest BCUT2D eigenvalue weighted by molar-refractivity contribution is 5.54. The van der Waals surface area contributed by atoms with E-state index in [1.807, 2.05) is 31.2 Å². The van der Waals surface area contributed by atoms with Crippen LogP contribution in [-0.4, -0.2) is 23.8 Å². The fraction of sp³-hybridized carbons (Fsp3) is 0.455. The maximum Gasteiger partial charge on any atom is 0.0810 e. The average Bonchev–Trinajstić information content (AvgIpc) is 2.47. The van der Waals surface area contributed by atoms with Crippen LogP contribution >= 0.6 is 0 Å². The minimum atomic E-state index is -0.540. The van der Waals surface area contributed by atoms with Gasteiger partial charge in [-0.3, -0.25) is 0 Å². The lowest BCUT2D eigenvalue weighted by Gasteiger charge is -2.20. The van der Waals surface area contributed by atoms with Gasteiger partial charge in [-0.25, -0.2) is 0 Å². The zero-order valence-corrected chi connectivity index (χ0v) is 8.40. The topological polar surface area (TPSA) is 49.5 Å². The summed E-state index contributed by atoms with van der Waals surface area (Å²) in [5, 5.41) is 9.81. The van der Waals surface area contributed by atoms with Crippen LogP contribution < -0.4 is 10.6 Å². The van der Waals surface area contributed by atoms with E-state index in [9.17, 15) is 5.11 Å². The lowest BCUT2D eigenvalue weighted by molar-refractivity contribution is 0.0839. The van der Waals surface area contributed by atoms with Crippen LogP contribution in [0.1, 0.15) is 13.3 Å². The summed E-state index contributed by atoms with van der Waals surface area (Å²) in [7, 11) is 0. The summed E-state index contributed by atoms with van der Waals surface area (Å²) in [6.45, 7) is 3.50. The molecule has 1 aromatic carbocycles. The first-order chi connectivity index (χ1) is 6.57. The van der Waals surface area contributed by atoms with E-state index in [4.69, 9.17) is 5.73 Å². The van der Waals surface area contributed by atoms with Gasteiger partial charge in [-0.1, -0.05) is 0 Å². The van der Waals surface area contributed by atoms with E-state index in [1.54, 1.807) is 0 Å². The maximum atomic E-state index is 9.81. The molecule has 1 fully saturated rings. The van der Waals surface area contributed by atoms with Crippen LogP contribution in [0.25, 0.3) is 0 Å². The van der Waals surface area contributed by atoms with Gasteiger partial charge in [0.05, 0.1) is 5.60 Å². The maximum absolute atomic E-state index is 9.81. The summed E-state index contributed by atoms with van der Waals surface area (Å²) in [6, 6.07) is 7.78. The Balaban J connectivity index is 2.14. The van der Waals surface area contributed by atoms with Crippen molar-refractivity contribution in [1.82, 2.24) is 0 Å². The molecule has 3 nitrogen and oxygen atoms in total. The quantitative estimate of drug-likeness (QED) is 0.658. The molecule has 0 spiro atoms. The van der Waals surface area contributed by atoms with Crippen molar-refractivity contribution >= 4 is 11.4 Å². The largest absolute Gasteiger partial charge is 0.399 e. The summed E-state index contributed by atoms with van der Waals surface area (Å²) in [5.41, 5.74) is 6.98. The second-order valence-electron chi connectivity index (χ2n) is 4.26. The molecule has 0 radical (unpaired) electrons. The van der Waals surface area contributed by atoms with Crippen molar-refractivity contribution < 1.29 is 5.11 Å². The first-order valence-electron chi connectivity index (χ1n) is 4.90. The Kier molecular flexibility index (Phi) is 2.11. The number of aliphatic hydroxyl groups is 1. The van der Waals surface area contributed by atoms with Gasteiger partial charge in [-0.05, 0) is 37.6 Å². The number of hydrogen-bond acceptors (Lipinski definition) is 3. The number of benzene rings is 1. The molecular formula is C11H16N2O. The molecule has 3 N–H and O–H groups in total. The molecule has 14 heavy (non-hydrogen) atoms. The summed E-state index contributed by atoms with van der Waals surface area (Å²) >= 11 is 0. The molecule has 1 aromatic rings. The third kappa shape index (κ3) is 1.82. The van der Waals surface area contributed by atoms with E-state index in [-0.39, 0.29) is 0 Å². The predicted molar refractivity (Wildman–Crippen MR) is 58.3 cm³/mol. The zero-order valence-electron chi connectivity index (χ0n) is 8.40. The Bertz CT molecular complexity index is 319. The zero-order chi connectivity index (χ0) is 10.2. The van der Waals surface area contributed by atoms with Crippen LogP contribution in [0.5, 0.6) is 0 Å². The van der Waals surface area contributed by atoms with Gasteiger partial charge in [0.25, 0.3) is 0 Å². The highest BCUT2D eigenvalue weighted by Gasteiger charge is 2.31. The number of nitrogens with two attached hydrogens (primary N) is 1. The van der Waals surface area contributed by atoms with Crippen LogP contribution in [0.3, 0.4) is 0 Å². The number of rotatable bonds is 1. The molecule has 3 heteroatoms. The van der Waals surface area contributed by atoms with Gasteiger partial charge in [0.1, 0.15) is 0 Å². The summed E-state index contributed by atoms with van der Waals surface area (Å²) < 4.78 is 0. The first kappa shape index (κ1) is 9.34. The second-order valence-corrected chi connectivity index (χ2v) is 4.26. The second kappa shape index (κ2) is 3.17. The molecular weight excluding hydrogens is 176 g/mol. The van der Waals surface area contributed by atoms with Crippen molar-refractivity contribution in [2.45, 2.75) is 18.9 Å². The average molecular weight is 192 g/mol. The third-order valence-electron chi connectivity index (χ3n) is 2.71. The highest BCUT2D eigenvalue weighted by Crippen LogP contribution is 2.26. The molecule has 0 amide bonds. The van der Waals surface area contributed by atoms with Gasteiger partial charge in [0, 0.05) is 24.5 Å². The van der Waals surface area contributed by atoms with Gasteiger partial charge in [0.2, 0.25) is 0 Å². The molecule has 0 saturated carbocycles. The molecule has 0 aliphatic carbocycles. The molecule has 1 atom stereocenters. The van der Waals surface area contributed by atoms with E-state index in [2.05, 4.69) is 4.90 Å². The molecule has 1 saturated heterocycles. The Labute approximate surface area is 84.1 Å². The first-order valence-corrected chi connectivity index (χ1v) is 4.90. The summed E-state index contributed by atoms with van der Waals surface area (Å²) in [6.07, 6.45) is 0.831.